The van der Waals surface area contributed by atoms with Gasteiger partial charge in [-0.15, -0.1) is 0 Å². The summed E-state index contributed by atoms with van der Waals surface area (Å²) in [5.41, 5.74) is 5.90. The Balaban J connectivity index is 4.29. The van der Waals surface area contributed by atoms with Gasteiger partial charge in [0.15, 0.2) is 0 Å². The zero-order chi connectivity index (χ0) is 14.1. The van der Waals surface area contributed by atoms with Crippen LogP contribution in [0, 0.1) is 0 Å². The molecule has 2 amide bonds. The van der Waals surface area contributed by atoms with Gasteiger partial charge >= 0.3 is 5.97 Å². The molecule has 0 radical (unpaired) electrons. The third kappa shape index (κ3) is 6.64. The van der Waals surface area contributed by atoms with Crippen LogP contribution in [0.3, 0.4) is 0 Å². The Kier molecular flexibility index (Phi) is 7.37. The van der Waals surface area contributed by atoms with Gasteiger partial charge in [-0.1, -0.05) is 11.6 Å². The molecule has 0 rings (SSSR count). The van der Waals surface area contributed by atoms with Crippen LogP contribution >= 0.6 is 0 Å². The highest BCUT2D eigenvalue weighted by atomic mass is 16.4. The number of carbonyl (C=O) groups is 3. The number of allylic oxidation sites excluding steroid dienone is 1. The molecule has 0 aromatic heterocycles. The molecule has 0 saturated heterocycles. The summed E-state index contributed by atoms with van der Waals surface area (Å²) >= 11 is 0. The van der Waals surface area contributed by atoms with Crippen molar-refractivity contribution in [1.29, 1.82) is 0 Å². The van der Waals surface area contributed by atoms with Crippen molar-refractivity contribution in [2.45, 2.75) is 26.3 Å². The Labute approximate surface area is 105 Å². The Morgan fingerprint density at radius 3 is 2.39 bits per heavy atom. The lowest BCUT2D eigenvalue weighted by molar-refractivity contribution is -0.141. The SMILES string of the molecule is C/C=C(\C)CC(NC(=O)CNC(=O)CN)C(=O)O. The molecule has 102 valence electrons. The van der Waals surface area contributed by atoms with Crippen LogP contribution in [-0.4, -0.2) is 42.0 Å². The van der Waals surface area contributed by atoms with Gasteiger partial charge in [0, 0.05) is 0 Å². The lowest BCUT2D eigenvalue weighted by Gasteiger charge is -2.15. The van der Waals surface area contributed by atoms with E-state index < -0.39 is 23.8 Å². The number of hydrogen-bond acceptors (Lipinski definition) is 4. The molecule has 0 aliphatic heterocycles. The summed E-state index contributed by atoms with van der Waals surface area (Å²) < 4.78 is 0. The standard InChI is InChI=1S/C11H19N3O4/c1-3-7(2)4-8(11(17)18)14-10(16)6-13-9(15)5-12/h3,8H,4-6,12H2,1-2H3,(H,13,15)(H,14,16)(H,17,18)/b7-3+. The molecule has 1 unspecified atom stereocenters. The number of nitrogens with two attached hydrogens (primary N) is 1. The van der Waals surface area contributed by atoms with Crippen LogP contribution in [0.2, 0.25) is 0 Å². The van der Waals surface area contributed by atoms with Crippen LogP contribution in [0.4, 0.5) is 0 Å². The fraction of sp³-hybridized carbons (Fsp3) is 0.545. The minimum Gasteiger partial charge on any atom is -0.480 e. The van der Waals surface area contributed by atoms with Crippen LogP contribution in [0.15, 0.2) is 11.6 Å². The molecule has 0 aromatic rings. The predicted octanol–water partition coefficient (Wildman–Crippen LogP) is -1.01. The highest BCUT2D eigenvalue weighted by Crippen LogP contribution is 2.04. The van der Waals surface area contributed by atoms with Gasteiger partial charge in [-0.25, -0.2) is 4.79 Å². The number of carboxylic acids is 1. The van der Waals surface area contributed by atoms with Crippen molar-refractivity contribution in [2.24, 2.45) is 5.73 Å². The molecular weight excluding hydrogens is 238 g/mol. The third-order valence-corrected chi connectivity index (χ3v) is 2.28. The van der Waals surface area contributed by atoms with Crippen molar-refractivity contribution in [3.05, 3.63) is 11.6 Å². The minimum atomic E-state index is -1.12. The molecule has 0 spiro atoms. The van der Waals surface area contributed by atoms with Crippen LogP contribution in [0.1, 0.15) is 20.3 Å². The molecule has 7 heteroatoms. The van der Waals surface area contributed by atoms with Gasteiger partial charge < -0.3 is 21.5 Å². The molecule has 0 bridgehead atoms. The first-order valence-electron chi connectivity index (χ1n) is 5.51. The average Bonchev–Trinajstić information content (AvgIpc) is 2.34. The van der Waals surface area contributed by atoms with Crippen LogP contribution in [-0.2, 0) is 14.4 Å². The Bertz CT molecular complexity index is 352. The number of carboxylic acid groups (broad SMARTS) is 1. The summed E-state index contributed by atoms with van der Waals surface area (Å²) in [4.78, 5) is 33.1. The van der Waals surface area contributed by atoms with Gasteiger partial charge in [0.2, 0.25) is 11.8 Å². The second-order valence-corrected chi connectivity index (χ2v) is 3.78. The summed E-state index contributed by atoms with van der Waals surface area (Å²) in [7, 11) is 0. The number of nitrogens with one attached hydrogen (secondary N) is 2. The maximum atomic E-state index is 11.4. The van der Waals surface area contributed by atoms with E-state index >= 15 is 0 Å². The van der Waals surface area contributed by atoms with E-state index in [0.717, 1.165) is 5.57 Å². The second kappa shape index (κ2) is 8.24. The largest absolute Gasteiger partial charge is 0.480 e. The first kappa shape index (κ1) is 16.1. The number of rotatable bonds is 7. The Morgan fingerprint density at radius 2 is 1.94 bits per heavy atom. The molecule has 0 fully saturated rings. The molecule has 18 heavy (non-hydrogen) atoms. The van der Waals surface area contributed by atoms with E-state index in [1.54, 1.807) is 19.9 Å². The van der Waals surface area contributed by atoms with Crippen molar-refractivity contribution in [2.75, 3.05) is 13.1 Å². The second-order valence-electron chi connectivity index (χ2n) is 3.78. The Hall–Kier alpha value is -1.89. The van der Waals surface area contributed by atoms with Gasteiger partial charge in [0.1, 0.15) is 6.04 Å². The maximum Gasteiger partial charge on any atom is 0.326 e. The molecule has 0 heterocycles. The summed E-state index contributed by atoms with van der Waals surface area (Å²) in [5, 5.41) is 13.5. The summed E-state index contributed by atoms with van der Waals surface area (Å²) in [6.45, 7) is 3.07. The van der Waals surface area contributed by atoms with E-state index in [-0.39, 0.29) is 19.5 Å². The van der Waals surface area contributed by atoms with Crippen molar-refractivity contribution < 1.29 is 19.5 Å². The average molecular weight is 257 g/mol. The summed E-state index contributed by atoms with van der Waals surface area (Å²) in [5.74, 6) is -2.15. The van der Waals surface area contributed by atoms with Crippen molar-refractivity contribution in [3.63, 3.8) is 0 Å². The fourth-order valence-corrected chi connectivity index (χ4v) is 1.14. The van der Waals surface area contributed by atoms with Crippen molar-refractivity contribution >= 4 is 17.8 Å². The lowest BCUT2D eigenvalue weighted by atomic mass is 10.1. The van der Waals surface area contributed by atoms with Gasteiger partial charge in [-0.2, -0.15) is 0 Å². The monoisotopic (exact) mass is 257 g/mol. The zero-order valence-corrected chi connectivity index (χ0v) is 10.5. The van der Waals surface area contributed by atoms with Gasteiger partial charge in [-0.05, 0) is 20.3 Å². The number of hydrogen-bond donors (Lipinski definition) is 4. The van der Waals surface area contributed by atoms with Crippen LogP contribution in [0.25, 0.3) is 0 Å². The van der Waals surface area contributed by atoms with Crippen molar-refractivity contribution in [1.82, 2.24) is 10.6 Å². The molecule has 1 atom stereocenters. The third-order valence-electron chi connectivity index (χ3n) is 2.28. The molecule has 0 aromatic carbocycles. The van der Waals surface area contributed by atoms with E-state index in [1.165, 1.54) is 0 Å². The first-order valence-corrected chi connectivity index (χ1v) is 5.51. The summed E-state index contributed by atoms with van der Waals surface area (Å²) in [6, 6.07) is -0.997. The van der Waals surface area contributed by atoms with Crippen molar-refractivity contribution in [3.8, 4) is 0 Å². The maximum absolute atomic E-state index is 11.4. The Morgan fingerprint density at radius 1 is 1.33 bits per heavy atom. The van der Waals surface area contributed by atoms with E-state index in [4.69, 9.17) is 10.8 Å². The summed E-state index contributed by atoms with van der Waals surface area (Å²) in [6.07, 6.45) is 2.00. The van der Waals surface area contributed by atoms with Gasteiger partial charge in [-0.3, -0.25) is 9.59 Å². The number of amides is 2. The van der Waals surface area contributed by atoms with Crippen LogP contribution < -0.4 is 16.4 Å². The molecule has 7 nitrogen and oxygen atoms in total. The fourth-order valence-electron chi connectivity index (χ4n) is 1.14. The first-order chi connectivity index (χ1) is 8.40. The van der Waals surface area contributed by atoms with Crippen LogP contribution in [0.5, 0.6) is 0 Å². The van der Waals surface area contributed by atoms with E-state index in [0.29, 0.717) is 0 Å². The normalized spacial score (nSPS) is 12.7. The minimum absolute atomic E-state index is 0.215. The highest BCUT2D eigenvalue weighted by Gasteiger charge is 2.20. The van der Waals surface area contributed by atoms with E-state index in [2.05, 4.69) is 10.6 Å². The van der Waals surface area contributed by atoms with Gasteiger partial charge in [0.05, 0.1) is 13.1 Å². The smallest absolute Gasteiger partial charge is 0.326 e. The van der Waals surface area contributed by atoms with E-state index in [1.807, 2.05) is 0 Å². The molecule has 5 N–H and O–H groups in total. The van der Waals surface area contributed by atoms with Gasteiger partial charge in [0.25, 0.3) is 0 Å². The molecule has 0 saturated carbocycles. The lowest BCUT2D eigenvalue weighted by Crippen LogP contribution is -2.46. The molecule has 0 aliphatic carbocycles. The predicted molar refractivity (Wildman–Crippen MR) is 65.7 cm³/mol. The quantitative estimate of drug-likeness (QED) is 0.435. The number of carbonyl (C=O) groups excluding carboxylic acids is 2. The topological polar surface area (TPSA) is 122 Å². The molecule has 0 aliphatic rings. The zero-order valence-electron chi connectivity index (χ0n) is 10.5. The molecular formula is C11H19N3O4. The van der Waals surface area contributed by atoms with E-state index in [9.17, 15) is 14.4 Å². The number of aliphatic carboxylic acids is 1. The highest BCUT2D eigenvalue weighted by molar-refractivity contribution is 5.88.